The van der Waals surface area contributed by atoms with Crippen molar-refractivity contribution in [3.8, 4) is 0 Å². The molecule has 6 rings (SSSR count). The van der Waals surface area contributed by atoms with Crippen molar-refractivity contribution < 1.29 is 38.6 Å². The van der Waals surface area contributed by atoms with Crippen molar-refractivity contribution in [2.45, 2.75) is 75.6 Å². The Bertz CT molecular complexity index is 1410. The van der Waals surface area contributed by atoms with Crippen LogP contribution >= 0.6 is 0 Å². The summed E-state index contributed by atoms with van der Waals surface area (Å²) in [6.07, 6.45) is -6.10. The molecule has 8 heteroatoms. The van der Waals surface area contributed by atoms with Crippen LogP contribution in [0.4, 0.5) is 0 Å². The van der Waals surface area contributed by atoms with Gasteiger partial charge in [-0.1, -0.05) is 121 Å². The summed E-state index contributed by atoms with van der Waals surface area (Å²) < 4.78 is 38.3. The summed E-state index contributed by atoms with van der Waals surface area (Å²) in [5.74, 6) is -1.68. The fourth-order valence-corrected chi connectivity index (χ4v) is 5.74. The summed E-state index contributed by atoms with van der Waals surface area (Å²) in [7, 11) is 0. The Morgan fingerprint density at radius 3 is 1.41 bits per heavy atom. The first-order valence-corrected chi connectivity index (χ1v) is 14.9. The quantitative estimate of drug-likeness (QED) is 0.232. The summed E-state index contributed by atoms with van der Waals surface area (Å²) in [6.45, 7) is 0.890. The highest BCUT2D eigenvalue weighted by atomic mass is 16.8. The van der Waals surface area contributed by atoms with Crippen LogP contribution in [0.5, 0.6) is 0 Å². The van der Waals surface area contributed by atoms with E-state index in [0.29, 0.717) is 0 Å². The topological polar surface area (TPSA) is 95.8 Å². The van der Waals surface area contributed by atoms with Gasteiger partial charge in [0.2, 0.25) is 5.79 Å². The van der Waals surface area contributed by atoms with Gasteiger partial charge in [0.1, 0.15) is 24.4 Å². The lowest BCUT2D eigenvalue weighted by molar-refractivity contribution is -0.427. The van der Waals surface area contributed by atoms with E-state index in [1.165, 1.54) is 0 Å². The highest BCUT2D eigenvalue weighted by molar-refractivity contribution is 5.17. The molecule has 4 aromatic carbocycles. The van der Waals surface area contributed by atoms with E-state index >= 15 is 0 Å². The van der Waals surface area contributed by atoms with Gasteiger partial charge < -0.3 is 38.6 Å². The molecule has 0 saturated carbocycles. The van der Waals surface area contributed by atoms with Gasteiger partial charge in [-0.2, -0.15) is 0 Å². The summed E-state index contributed by atoms with van der Waals surface area (Å²) in [5.41, 5.74) is 3.75. The Balaban J connectivity index is 1.33. The van der Waals surface area contributed by atoms with Gasteiger partial charge in [0.15, 0.2) is 12.6 Å². The van der Waals surface area contributed by atoms with Gasteiger partial charge in [0.25, 0.3) is 0 Å². The first kappa shape index (κ1) is 30.6. The van der Waals surface area contributed by atoms with Crippen LogP contribution in [0, 0.1) is 0 Å². The predicted octanol–water partition coefficient (Wildman–Crippen LogP) is 5.11. The molecule has 4 aromatic rings. The third-order valence-electron chi connectivity index (χ3n) is 7.93. The zero-order valence-electron chi connectivity index (χ0n) is 24.4. The molecule has 0 aliphatic carbocycles. The van der Waals surface area contributed by atoms with Gasteiger partial charge in [0.05, 0.1) is 26.4 Å². The summed E-state index contributed by atoms with van der Waals surface area (Å²) in [4.78, 5) is 0. The fourth-order valence-electron chi connectivity index (χ4n) is 5.74. The molecular formula is C36H38O8. The molecule has 2 fully saturated rings. The number of rotatable bonds is 12. The minimum Gasteiger partial charge on any atom is -0.368 e. The number of benzene rings is 4. The minimum absolute atomic E-state index is 0.117. The second kappa shape index (κ2) is 14.6. The third-order valence-corrected chi connectivity index (χ3v) is 7.93. The van der Waals surface area contributed by atoms with Gasteiger partial charge in [-0.25, -0.2) is 0 Å². The molecule has 0 bridgehead atoms. The van der Waals surface area contributed by atoms with Gasteiger partial charge >= 0.3 is 0 Å². The van der Waals surface area contributed by atoms with Crippen LogP contribution in [0.25, 0.3) is 0 Å². The fraction of sp³-hybridized carbons (Fsp3) is 0.333. The van der Waals surface area contributed by atoms with Crippen LogP contribution in [-0.2, 0) is 54.8 Å². The van der Waals surface area contributed by atoms with Gasteiger partial charge in [-0.15, -0.1) is 0 Å². The second-order valence-corrected chi connectivity index (χ2v) is 11.1. The molecule has 7 atom stereocenters. The van der Waals surface area contributed by atoms with Crippen molar-refractivity contribution in [1.82, 2.24) is 0 Å². The van der Waals surface area contributed by atoms with Crippen molar-refractivity contribution in [3.63, 3.8) is 0 Å². The van der Waals surface area contributed by atoms with Crippen molar-refractivity contribution in [3.05, 3.63) is 144 Å². The Labute approximate surface area is 257 Å². The van der Waals surface area contributed by atoms with Crippen LogP contribution in [0.15, 0.2) is 121 Å². The maximum atomic E-state index is 11.5. The lowest BCUT2D eigenvalue weighted by Gasteiger charge is -2.50. The van der Waals surface area contributed by atoms with E-state index in [1.54, 1.807) is 0 Å². The average Bonchev–Trinajstić information content (AvgIpc) is 3.38. The van der Waals surface area contributed by atoms with E-state index in [9.17, 15) is 10.2 Å². The molecule has 2 saturated heterocycles. The molecule has 2 aliphatic heterocycles. The van der Waals surface area contributed by atoms with Crippen LogP contribution in [0.1, 0.15) is 28.7 Å². The Morgan fingerprint density at radius 2 is 0.932 bits per heavy atom. The Kier molecular flexibility index (Phi) is 10.1. The van der Waals surface area contributed by atoms with E-state index in [0.717, 1.165) is 22.3 Å². The maximum absolute atomic E-state index is 11.5. The summed E-state index contributed by atoms with van der Waals surface area (Å²) in [6, 6.07) is 38.9. The van der Waals surface area contributed by atoms with E-state index in [4.69, 9.17) is 28.4 Å². The smallest absolute Gasteiger partial charge is 0.229 e. The average molecular weight is 599 g/mol. The Morgan fingerprint density at radius 1 is 0.523 bits per heavy atom. The first-order chi connectivity index (χ1) is 21.6. The molecule has 0 amide bonds. The van der Waals surface area contributed by atoms with E-state index in [-0.39, 0.29) is 32.8 Å². The summed E-state index contributed by atoms with van der Waals surface area (Å²) >= 11 is 0. The number of aliphatic hydroxyl groups is 2. The monoisotopic (exact) mass is 598 g/mol. The largest absolute Gasteiger partial charge is 0.368 e. The predicted molar refractivity (Wildman–Crippen MR) is 162 cm³/mol. The van der Waals surface area contributed by atoms with Crippen molar-refractivity contribution >= 4 is 0 Å². The molecule has 2 aliphatic rings. The number of hydrogen-bond donors (Lipinski definition) is 2. The van der Waals surface area contributed by atoms with E-state index < -0.39 is 42.8 Å². The van der Waals surface area contributed by atoms with Gasteiger partial charge in [0, 0.05) is 6.42 Å². The molecule has 0 radical (unpaired) electrons. The lowest BCUT2D eigenvalue weighted by atomic mass is 9.90. The van der Waals surface area contributed by atoms with Crippen LogP contribution in [0.2, 0.25) is 0 Å². The summed E-state index contributed by atoms with van der Waals surface area (Å²) in [5, 5.41) is 22.4. The highest BCUT2D eigenvalue weighted by Gasteiger charge is 2.65. The highest BCUT2D eigenvalue weighted by Crippen LogP contribution is 2.45. The van der Waals surface area contributed by atoms with Crippen molar-refractivity contribution in [1.29, 1.82) is 0 Å². The minimum atomic E-state index is -1.68. The van der Waals surface area contributed by atoms with Crippen LogP contribution < -0.4 is 0 Å². The SMILES string of the molecule is OC1CC(OCc2ccccc2)C2(O1)O[C@H](O)[C@H](OCc1ccccc1)[C@@H](OCc1ccccc1)[C@@H]2OCc1ccccc1. The normalized spacial score (nSPS) is 28.3. The van der Waals surface area contributed by atoms with E-state index in [1.807, 2.05) is 121 Å². The molecule has 3 unspecified atom stereocenters. The molecule has 8 nitrogen and oxygen atoms in total. The number of aliphatic hydroxyl groups excluding tert-OH is 2. The van der Waals surface area contributed by atoms with Crippen molar-refractivity contribution in [2.24, 2.45) is 0 Å². The number of ether oxygens (including phenoxy) is 6. The lowest BCUT2D eigenvalue weighted by Crippen LogP contribution is -2.69. The molecule has 1 spiro atoms. The molecule has 44 heavy (non-hydrogen) atoms. The van der Waals surface area contributed by atoms with Gasteiger partial charge in [-0.05, 0) is 22.3 Å². The standard InChI is InChI=1S/C36H38O8/c37-31-21-30(39-22-26-13-5-1-6-14-26)36(43-31)34(42-25-29-19-11-4-12-20-29)32(40-23-27-15-7-2-8-16-27)33(35(38)44-36)41-24-28-17-9-3-10-18-28/h1-20,30-35,37-38H,21-25H2/t30?,31?,32-,33-,34+,35+,36?/m1/s1. The van der Waals surface area contributed by atoms with E-state index in [2.05, 4.69) is 0 Å². The first-order valence-electron chi connectivity index (χ1n) is 14.9. The molecule has 2 N–H and O–H groups in total. The van der Waals surface area contributed by atoms with Crippen LogP contribution in [-0.4, -0.2) is 53.0 Å². The molecule has 2 heterocycles. The van der Waals surface area contributed by atoms with Crippen LogP contribution in [0.3, 0.4) is 0 Å². The molecular weight excluding hydrogens is 560 g/mol. The Hall–Kier alpha value is -3.44. The number of hydrogen-bond acceptors (Lipinski definition) is 8. The molecule has 230 valence electrons. The third kappa shape index (κ3) is 7.26. The van der Waals surface area contributed by atoms with Crippen molar-refractivity contribution in [2.75, 3.05) is 0 Å². The van der Waals surface area contributed by atoms with Gasteiger partial charge in [-0.3, -0.25) is 0 Å². The maximum Gasteiger partial charge on any atom is 0.229 e. The molecule has 0 aromatic heterocycles. The zero-order chi connectivity index (χ0) is 30.2. The zero-order valence-corrected chi connectivity index (χ0v) is 24.4. The second-order valence-electron chi connectivity index (χ2n) is 11.1.